The SMILES string of the molecule is OB(O)c1cc2c(Cl)nccc2o1. The molecule has 0 spiro atoms. The Morgan fingerprint density at radius 3 is 2.85 bits per heavy atom. The molecule has 0 saturated heterocycles. The van der Waals surface area contributed by atoms with E-state index in [1.807, 2.05) is 0 Å². The molecule has 0 unspecified atom stereocenters. The third kappa shape index (κ3) is 1.41. The first-order valence-corrected chi connectivity index (χ1v) is 3.96. The predicted octanol–water partition coefficient (Wildman–Crippen LogP) is 0.161. The minimum absolute atomic E-state index is 0.0601. The molecular weight excluding hydrogens is 192 g/mol. The number of fused-ring (bicyclic) bond motifs is 1. The second-order valence-corrected chi connectivity index (χ2v) is 2.89. The Kier molecular flexibility index (Phi) is 1.99. The molecule has 0 saturated carbocycles. The first kappa shape index (κ1) is 8.56. The van der Waals surface area contributed by atoms with Gasteiger partial charge in [0.25, 0.3) is 0 Å². The van der Waals surface area contributed by atoms with E-state index >= 15 is 0 Å². The summed E-state index contributed by atoms with van der Waals surface area (Å²) in [5, 5.41) is 18.5. The maximum absolute atomic E-state index is 8.81. The van der Waals surface area contributed by atoms with E-state index in [0.29, 0.717) is 11.0 Å². The zero-order valence-electron chi connectivity index (χ0n) is 6.44. The number of nitrogens with zero attached hydrogens (tertiary/aromatic N) is 1. The van der Waals surface area contributed by atoms with Crippen molar-refractivity contribution in [1.29, 1.82) is 0 Å². The molecular formula is C7H5BClNO3. The van der Waals surface area contributed by atoms with Crippen LogP contribution in [0.15, 0.2) is 22.7 Å². The first-order valence-electron chi connectivity index (χ1n) is 3.58. The van der Waals surface area contributed by atoms with Crippen LogP contribution in [0.1, 0.15) is 0 Å². The van der Waals surface area contributed by atoms with E-state index in [0.717, 1.165) is 0 Å². The molecule has 2 rings (SSSR count). The summed E-state index contributed by atoms with van der Waals surface area (Å²) in [6, 6.07) is 3.06. The molecule has 0 radical (unpaired) electrons. The Morgan fingerprint density at radius 2 is 2.23 bits per heavy atom. The van der Waals surface area contributed by atoms with Gasteiger partial charge in [-0.25, -0.2) is 4.98 Å². The summed E-state index contributed by atoms with van der Waals surface area (Å²) >= 11 is 5.74. The highest BCUT2D eigenvalue weighted by Crippen LogP contribution is 2.20. The van der Waals surface area contributed by atoms with Gasteiger partial charge < -0.3 is 14.5 Å². The standard InChI is InChI=1S/C7H5BClNO3/c9-7-4-3-6(8(11)12)13-5(4)1-2-10-7/h1-3,11-12H. The highest BCUT2D eigenvalue weighted by molar-refractivity contribution is 6.57. The Balaban J connectivity index is 2.68. The molecule has 0 aliphatic heterocycles. The normalized spacial score (nSPS) is 10.7. The second kappa shape index (κ2) is 3.03. The molecule has 2 N–H and O–H groups in total. The van der Waals surface area contributed by atoms with E-state index in [1.54, 1.807) is 6.07 Å². The van der Waals surface area contributed by atoms with E-state index < -0.39 is 7.12 Å². The lowest BCUT2D eigenvalue weighted by Crippen LogP contribution is -2.27. The maximum atomic E-state index is 8.81. The zero-order valence-corrected chi connectivity index (χ0v) is 7.19. The van der Waals surface area contributed by atoms with E-state index in [-0.39, 0.29) is 10.8 Å². The molecule has 4 nitrogen and oxygen atoms in total. The van der Waals surface area contributed by atoms with Crippen molar-refractivity contribution < 1.29 is 14.5 Å². The molecule has 0 aromatic carbocycles. The third-order valence-corrected chi connectivity index (χ3v) is 1.97. The first-order chi connectivity index (χ1) is 6.18. The van der Waals surface area contributed by atoms with Crippen LogP contribution in [0.3, 0.4) is 0 Å². The van der Waals surface area contributed by atoms with Gasteiger partial charge in [0, 0.05) is 6.20 Å². The van der Waals surface area contributed by atoms with Crippen molar-refractivity contribution in [2.24, 2.45) is 0 Å². The summed E-state index contributed by atoms with van der Waals surface area (Å²) < 4.78 is 5.09. The topological polar surface area (TPSA) is 66.5 Å². The summed E-state index contributed by atoms with van der Waals surface area (Å²) in [4.78, 5) is 3.82. The lowest BCUT2D eigenvalue weighted by molar-refractivity contribution is 0.412. The van der Waals surface area contributed by atoms with E-state index in [2.05, 4.69) is 4.98 Å². The summed E-state index contributed by atoms with van der Waals surface area (Å²) in [7, 11) is -1.62. The number of hydrogen-bond donors (Lipinski definition) is 2. The molecule has 0 aliphatic rings. The molecule has 2 aromatic heterocycles. The zero-order chi connectivity index (χ0) is 9.42. The van der Waals surface area contributed by atoms with Gasteiger partial charge in [-0.2, -0.15) is 0 Å². The molecule has 0 amide bonds. The van der Waals surface area contributed by atoms with Crippen molar-refractivity contribution in [2.75, 3.05) is 0 Å². The van der Waals surface area contributed by atoms with Gasteiger partial charge in [-0.15, -0.1) is 0 Å². The van der Waals surface area contributed by atoms with Crippen LogP contribution in [-0.4, -0.2) is 22.2 Å². The molecule has 13 heavy (non-hydrogen) atoms. The lowest BCUT2D eigenvalue weighted by Gasteiger charge is -1.88. The van der Waals surface area contributed by atoms with Crippen LogP contribution in [0.5, 0.6) is 0 Å². The van der Waals surface area contributed by atoms with E-state index in [1.165, 1.54) is 12.3 Å². The summed E-state index contributed by atoms with van der Waals surface area (Å²) in [6.45, 7) is 0. The van der Waals surface area contributed by atoms with Crippen molar-refractivity contribution in [2.45, 2.75) is 0 Å². The van der Waals surface area contributed by atoms with Crippen LogP contribution in [0, 0.1) is 0 Å². The van der Waals surface area contributed by atoms with Gasteiger partial charge in [0.1, 0.15) is 16.4 Å². The van der Waals surface area contributed by atoms with Crippen molar-refractivity contribution >= 4 is 35.3 Å². The second-order valence-electron chi connectivity index (χ2n) is 2.54. The number of hydrogen-bond acceptors (Lipinski definition) is 4. The van der Waals surface area contributed by atoms with Crippen LogP contribution in [0.2, 0.25) is 5.15 Å². The predicted molar refractivity (Wildman–Crippen MR) is 48.8 cm³/mol. The van der Waals surface area contributed by atoms with Crippen LogP contribution in [-0.2, 0) is 0 Å². The molecule has 0 fully saturated rings. The maximum Gasteiger partial charge on any atom is 0.526 e. The van der Waals surface area contributed by atoms with Crippen LogP contribution in [0.25, 0.3) is 11.0 Å². The Hall–Kier alpha value is -1.04. The van der Waals surface area contributed by atoms with Gasteiger partial charge in [-0.05, 0) is 12.1 Å². The van der Waals surface area contributed by atoms with Crippen LogP contribution in [0.4, 0.5) is 0 Å². The Morgan fingerprint density at radius 1 is 1.46 bits per heavy atom. The third-order valence-electron chi connectivity index (χ3n) is 1.67. The molecule has 2 aromatic rings. The summed E-state index contributed by atoms with van der Waals surface area (Å²) in [5.74, 6) is 0. The van der Waals surface area contributed by atoms with Crippen LogP contribution < -0.4 is 5.66 Å². The van der Waals surface area contributed by atoms with Gasteiger partial charge in [0.15, 0.2) is 0 Å². The molecule has 0 atom stereocenters. The summed E-state index contributed by atoms with van der Waals surface area (Å²) in [6.07, 6.45) is 1.49. The average Bonchev–Trinajstić information content (AvgIpc) is 2.49. The van der Waals surface area contributed by atoms with Crippen molar-refractivity contribution in [3.8, 4) is 0 Å². The van der Waals surface area contributed by atoms with Crippen molar-refractivity contribution in [3.63, 3.8) is 0 Å². The molecule has 0 aliphatic carbocycles. The van der Waals surface area contributed by atoms with Crippen LogP contribution >= 0.6 is 11.6 Å². The number of pyridine rings is 1. The van der Waals surface area contributed by atoms with Crippen molar-refractivity contribution in [1.82, 2.24) is 4.98 Å². The van der Waals surface area contributed by atoms with E-state index in [9.17, 15) is 0 Å². The van der Waals surface area contributed by atoms with Crippen molar-refractivity contribution in [3.05, 3.63) is 23.5 Å². The van der Waals surface area contributed by atoms with Gasteiger partial charge >= 0.3 is 7.12 Å². The Labute approximate surface area is 78.9 Å². The average molecular weight is 197 g/mol. The molecule has 66 valence electrons. The number of aromatic nitrogens is 1. The highest BCUT2D eigenvalue weighted by Gasteiger charge is 2.17. The number of rotatable bonds is 1. The fourth-order valence-electron chi connectivity index (χ4n) is 1.08. The fourth-order valence-corrected chi connectivity index (χ4v) is 1.28. The quantitative estimate of drug-likeness (QED) is 0.505. The number of halogens is 1. The molecule has 6 heteroatoms. The largest absolute Gasteiger partial charge is 0.526 e. The monoisotopic (exact) mass is 197 g/mol. The van der Waals surface area contributed by atoms with Gasteiger partial charge in [-0.3, -0.25) is 0 Å². The Bertz CT molecular complexity index is 442. The number of furan rings is 1. The minimum atomic E-state index is -1.62. The van der Waals surface area contributed by atoms with Gasteiger partial charge in [0.05, 0.1) is 5.39 Å². The summed E-state index contributed by atoms with van der Waals surface area (Å²) in [5.41, 5.74) is 0.549. The van der Waals surface area contributed by atoms with Gasteiger partial charge in [-0.1, -0.05) is 11.6 Å². The smallest absolute Gasteiger partial charge is 0.464 e. The molecule has 2 heterocycles. The highest BCUT2D eigenvalue weighted by atomic mass is 35.5. The van der Waals surface area contributed by atoms with E-state index in [4.69, 9.17) is 26.1 Å². The molecule has 0 bridgehead atoms. The minimum Gasteiger partial charge on any atom is -0.464 e. The van der Waals surface area contributed by atoms with Gasteiger partial charge in [0.2, 0.25) is 0 Å². The fraction of sp³-hybridized carbons (Fsp3) is 0. The lowest BCUT2D eigenvalue weighted by atomic mass is 9.88.